The molecule has 0 unspecified atom stereocenters. The molecule has 0 atom stereocenters. The molecule has 2 aliphatic rings. The fourth-order valence-corrected chi connectivity index (χ4v) is 8.98. The third kappa shape index (κ3) is 3.42. The first-order valence-electron chi connectivity index (χ1n) is 16.9. The van der Waals surface area contributed by atoms with Gasteiger partial charge in [-0.1, -0.05) is 147 Å². The number of benzene rings is 7. The van der Waals surface area contributed by atoms with Crippen LogP contribution in [0.5, 0.6) is 0 Å². The van der Waals surface area contributed by atoms with Gasteiger partial charge in [-0.25, -0.2) is 0 Å². The molecule has 0 spiro atoms. The van der Waals surface area contributed by atoms with E-state index in [-0.39, 0.29) is 5.41 Å². The number of nitrogens with zero attached hydrogens (tertiary/aromatic N) is 2. The van der Waals surface area contributed by atoms with Crippen molar-refractivity contribution in [3.8, 4) is 5.69 Å². The van der Waals surface area contributed by atoms with Crippen molar-refractivity contribution in [3.05, 3.63) is 203 Å². The molecule has 0 saturated heterocycles. The second kappa shape index (κ2) is 9.82. The van der Waals surface area contributed by atoms with Gasteiger partial charge >= 0.3 is 0 Å². The predicted molar refractivity (Wildman–Crippen MR) is 199 cm³/mol. The third-order valence-electron chi connectivity index (χ3n) is 11.0. The van der Waals surface area contributed by atoms with Gasteiger partial charge in [0, 0.05) is 21.9 Å². The molecule has 0 amide bonds. The number of aromatic nitrogens is 1. The van der Waals surface area contributed by atoms with Gasteiger partial charge in [-0.3, -0.25) is 0 Å². The summed E-state index contributed by atoms with van der Waals surface area (Å²) >= 11 is 0. The number of rotatable bonds is 3. The largest absolute Gasteiger partial charge is 0.310 e. The average molecular weight is 615 g/mol. The highest BCUT2D eigenvalue weighted by molar-refractivity contribution is 6.13. The molecule has 2 nitrogen and oxygen atoms in total. The van der Waals surface area contributed by atoms with Crippen molar-refractivity contribution >= 4 is 38.9 Å². The van der Waals surface area contributed by atoms with Crippen LogP contribution in [0, 0.1) is 0 Å². The van der Waals surface area contributed by atoms with Gasteiger partial charge in [0.15, 0.2) is 0 Å². The molecule has 0 aliphatic carbocycles. The van der Waals surface area contributed by atoms with Crippen LogP contribution in [0.25, 0.3) is 27.5 Å². The van der Waals surface area contributed by atoms with Gasteiger partial charge < -0.3 is 9.47 Å². The normalized spacial score (nSPS) is 15.2. The van der Waals surface area contributed by atoms with E-state index in [1.165, 1.54) is 72.2 Å². The van der Waals surface area contributed by atoms with Gasteiger partial charge in [0.05, 0.1) is 33.5 Å². The molecular formula is C46H34N2. The fourth-order valence-electron chi connectivity index (χ4n) is 8.98. The first-order chi connectivity index (χ1) is 23.6. The van der Waals surface area contributed by atoms with Gasteiger partial charge in [0.2, 0.25) is 0 Å². The van der Waals surface area contributed by atoms with E-state index in [1.807, 2.05) is 0 Å². The van der Waals surface area contributed by atoms with Gasteiger partial charge in [-0.15, -0.1) is 0 Å². The van der Waals surface area contributed by atoms with Crippen molar-refractivity contribution in [2.75, 3.05) is 4.90 Å². The number of anilines is 3. The highest BCUT2D eigenvalue weighted by Crippen LogP contribution is 2.58. The summed E-state index contributed by atoms with van der Waals surface area (Å²) in [7, 11) is 0. The second-order valence-electron chi connectivity index (χ2n) is 13.7. The lowest BCUT2D eigenvalue weighted by molar-refractivity contribution is 0.630. The van der Waals surface area contributed by atoms with E-state index in [4.69, 9.17) is 0 Å². The summed E-state index contributed by atoms with van der Waals surface area (Å²) in [5.41, 5.74) is 14.6. The zero-order valence-corrected chi connectivity index (χ0v) is 27.1. The van der Waals surface area contributed by atoms with Crippen LogP contribution in [0.4, 0.5) is 17.1 Å². The number of fused-ring (bicyclic) bond motifs is 7. The molecule has 228 valence electrons. The molecule has 2 aliphatic heterocycles. The van der Waals surface area contributed by atoms with Gasteiger partial charge in [-0.05, 0) is 69.8 Å². The van der Waals surface area contributed by atoms with Gasteiger partial charge in [-0.2, -0.15) is 0 Å². The van der Waals surface area contributed by atoms with Gasteiger partial charge in [0.25, 0.3) is 0 Å². The Labute approximate surface area is 281 Å². The second-order valence-corrected chi connectivity index (χ2v) is 13.7. The Hall–Kier alpha value is -5.86. The van der Waals surface area contributed by atoms with Crippen molar-refractivity contribution in [2.24, 2.45) is 0 Å². The van der Waals surface area contributed by atoms with Crippen LogP contribution >= 0.6 is 0 Å². The molecule has 10 rings (SSSR count). The van der Waals surface area contributed by atoms with Gasteiger partial charge in [0.1, 0.15) is 0 Å². The topological polar surface area (TPSA) is 8.17 Å². The van der Waals surface area contributed by atoms with E-state index in [0.29, 0.717) is 0 Å². The van der Waals surface area contributed by atoms with Crippen molar-refractivity contribution in [1.29, 1.82) is 0 Å². The molecule has 0 radical (unpaired) electrons. The van der Waals surface area contributed by atoms with Crippen molar-refractivity contribution in [2.45, 2.75) is 24.7 Å². The minimum atomic E-state index is -0.477. The van der Waals surface area contributed by atoms with E-state index in [9.17, 15) is 0 Å². The first kappa shape index (κ1) is 27.3. The van der Waals surface area contributed by atoms with Crippen LogP contribution in [-0.4, -0.2) is 4.57 Å². The summed E-state index contributed by atoms with van der Waals surface area (Å²) < 4.78 is 2.50. The molecular weight excluding hydrogens is 581 g/mol. The van der Waals surface area contributed by atoms with Crippen LogP contribution in [0.3, 0.4) is 0 Å². The Morgan fingerprint density at radius 3 is 1.56 bits per heavy atom. The van der Waals surface area contributed by atoms with Crippen LogP contribution in [0.2, 0.25) is 0 Å². The van der Waals surface area contributed by atoms with E-state index >= 15 is 0 Å². The van der Waals surface area contributed by atoms with E-state index < -0.39 is 5.41 Å². The maximum atomic E-state index is 2.50. The molecule has 8 aromatic rings. The van der Waals surface area contributed by atoms with Crippen molar-refractivity contribution < 1.29 is 0 Å². The Kier molecular flexibility index (Phi) is 5.58. The van der Waals surface area contributed by atoms with E-state index in [1.54, 1.807) is 0 Å². The zero-order chi connectivity index (χ0) is 32.0. The van der Waals surface area contributed by atoms with E-state index in [0.717, 1.165) is 5.69 Å². The smallest absolute Gasteiger partial charge is 0.0742 e. The Morgan fingerprint density at radius 2 is 0.938 bits per heavy atom. The maximum absolute atomic E-state index is 2.50. The van der Waals surface area contributed by atoms with Crippen molar-refractivity contribution in [1.82, 2.24) is 4.57 Å². The molecule has 48 heavy (non-hydrogen) atoms. The molecule has 0 saturated carbocycles. The predicted octanol–water partition coefficient (Wildman–Crippen LogP) is 11.6. The molecule has 0 fully saturated rings. The lowest BCUT2D eigenvalue weighted by Crippen LogP contribution is -2.37. The molecule has 7 aromatic carbocycles. The fraction of sp³-hybridized carbons (Fsp3) is 0.0870. The summed E-state index contributed by atoms with van der Waals surface area (Å²) in [6.45, 7) is 4.72. The molecule has 2 heteroatoms. The molecule has 3 heterocycles. The maximum Gasteiger partial charge on any atom is 0.0742 e. The first-order valence-corrected chi connectivity index (χ1v) is 16.9. The average Bonchev–Trinajstić information content (AvgIpc) is 3.48. The molecule has 1 aromatic heterocycles. The monoisotopic (exact) mass is 614 g/mol. The third-order valence-corrected chi connectivity index (χ3v) is 11.0. The lowest BCUT2D eigenvalue weighted by atomic mass is 9.62. The Balaban J connectivity index is 1.28. The summed E-state index contributed by atoms with van der Waals surface area (Å²) in [4.78, 5) is 2.48. The summed E-state index contributed by atoms with van der Waals surface area (Å²) in [5, 5.41) is 2.57. The minimum absolute atomic E-state index is 0.0910. The highest BCUT2D eigenvalue weighted by atomic mass is 15.2. The Morgan fingerprint density at radius 1 is 0.417 bits per heavy atom. The molecule has 0 bridgehead atoms. The summed E-state index contributed by atoms with van der Waals surface area (Å²) in [6, 6.07) is 62.9. The summed E-state index contributed by atoms with van der Waals surface area (Å²) in [5.74, 6) is 0. The quantitative estimate of drug-likeness (QED) is 0.192. The van der Waals surface area contributed by atoms with Crippen LogP contribution in [0.1, 0.15) is 47.2 Å². The van der Waals surface area contributed by atoms with Crippen LogP contribution in [0.15, 0.2) is 170 Å². The zero-order valence-electron chi connectivity index (χ0n) is 27.1. The number of para-hydroxylation sites is 4. The highest BCUT2D eigenvalue weighted by Gasteiger charge is 2.46. The standard InChI is InChI=1S/C46H34N2/c1-45(2)36-21-9-12-25-41(36)48-40-29-28-33(30-35(40)34-20-15-24-39(45)44(34)48)47-42-26-13-10-22-37(42)46(31-16-5-3-6-17-31,32-18-7-4-8-19-32)38-23-11-14-27-43(38)47/h3-30H,1-2H3. The number of hydrogen-bond donors (Lipinski definition) is 0. The SMILES string of the molecule is CC1(C)c2ccccc2-n2c3ccc(N4c5ccccc5C(c5ccccc5)(c5ccccc5)c5ccccc54)cc3c3cccc1c32. The minimum Gasteiger partial charge on any atom is -0.310 e. The molecule has 0 N–H and O–H groups in total. The summed E-state index contributed by atoms with van der Waals surface area (Å²) in [6.07, 6.45) is 0. The lowest BCUT2D eigenvalue weighted by Gasteiger charge is -2.46. The van der Waals surface area contributed by atoms with E-state index in [2.05, 4.69) is 193 Å². The number of hydrogen-bond acceptors (Lipinski definition) is 1. The van der Waals surface area contributed by atoms with Crippen LogP contribution < -0.4 is 4.90 Å². The van der Waals surface area contributed by atoms with Crippen molar-refractivity contribution in [3.63, 3.8) is 0 Å². The van der Waals surface area contributed by atoms with Crippen LogP contribution in [-0.2, 0) is 10.8 Å². The Bertz CT molecular complexity index is 2450.